The van der Waals surface area contributed by atoms with Crippen LogP contribution in [0, 0.1) is 6.92 Å². The molecule has 1 fully saturated rings. The van der Waals surface area contributed by atoms with Crippen molar-refractivity contribution in [3.63, 3.8) is 0 Å². The molecule has 0 aliphatic carbocycles. The number of rotatable bonds is 5. The zero-order chi connectivity index (χ0) is 16.1. The lowest BCUT2D eigenvalue weighted by molar-refractivity contribution is -0.119. The van der Waals surface area contributed by atoms with Crippen LogP contribution in [0.3, 0.4) is 0 Å². The molecule has 1 aromatic rings. The summed E-state index contributed by atoms with van der Waals surface area (Å²) in [6.07, 6.45) is 0.829. The number of amides is 2. The number of hydrogen-bond acceptors (Lipinski definition) is 5. The molecule has 0 bridgehead atoms. The molecule has 1 aliphatic heterocycles. The lowest BCUT2D eigenvalue weighted by Crippen LogP contribution is -2.48. The van der Waals surface area contributed by atoms with Gasteiger partial charge in [-0.2, -0.15) is 0 Å². The predicted molar refractivity (Wildman–Crippen MR) is 83.9 cm³/mol. The summed E-state index contributed by atoms with van der Waals surface area (Å²) < 4.78 is 0. The van der Waals surface area contributed by atoms with Gasteiger partial charge in [0.25, 0.3) is 5.91 Å². The van der Waals surface area contributed by atoms with Gasteiger partial charge in [-0.05, 0) is 26.8 Å². The molecule has 7 nitrogen and oxygen atoms in total. The topological polar surface area (TPSA) is 69.6 Å². The van der Waals surface area contributed by atoms with E-state index in [0.717, 1.165) is 25.2 Å². The van der Waals surface area contributed by atoms with E-state index in [1.807, 2.05) is 25.7 Å². The van der Waals surface area contributed by atoms with Crippen molar-refractivity contribution in [2.24, 2.45) is 0 Å². The normalized spacial score (nSPS) is 14.9. The molecule has 22 heavy (non-hydrogen) atoms. The van der Waals surface area contributed by atoms with Gasteiger partial charge in [-0.3, -0.25) is 9.59 Å². The molecule has 2 rings (SSSR count). The van der Waals surface area contributed by atoms with Crippen molar-refractivity contribution in [1.29, 1.82) is 0 Å². The number of aryl methyl sites for hydroxylation is 1. The monoisotopic (exact) mass is 305 g/mol. The van der Waals surface area contributed by atoms with Gasteiger partial charge in [0.05, 0.1) is 0 Å². The summed E-state index contributed by atoms with van der Waals surface area (Å²) in [6, 6.07) is 1.72. The van der Waals surface area contributed by atoms with Crippen molar-refractivity contribution in [2.75, 3.05) is 44.2 Å². The van der Waals surface area contributed by atoms with E-state index >= 15 is 0 Å². The van der Waals surface area contributed by atoms with Gasteiger partial charge in [0.15, 0.2) is 0 Å². The highest BCUT2D eigenvalue weighted by Gasteiger charge is 2.23. The average molecular weight is 305 g/mol. The summed E-state index contributed by atoms with van der Waals surface area (Å²) in [7, 11) is 0. The van der Waals surface area contributed by atoms with E-state index in [4.69, 9.17) is 0 Å². The summed E-state index contributed by atoms with van der Waals surface area (Å²) in [5, 5.41) is 0. The van der Waals surface area contributed by atoms with Crippen molar-refractivity contribution >= 4 is 18.3 Å². The number of anilines is 1. The van der Waals surface area contributed by atoms with Gasteiger partial charge in [-0.15, -0.1) is 0 Å². The van der Waals surface area contributed by atoms with Crippen molar-refractivity contribution < 1.29 is 9.59 Å². The lowest BCUT2D eigenvalue weighted by Gasteiger charge is -2.32. The van der Waals surface area contributed by atoms with Crippen LogP contribution >= 0.6 is 0 Å². The SMILES string of the molecule is CCN(CC)c1nc(C)cc(C(=O)N2CCN(C=O)CC2)n1. The minimum atomic E-state index is -0.0931. The zero-order valence-electron chi connectivity index (χ0n) is 13.4. The Morgan fingerprint density at radius 3 is 2.41 bits per heavy atom. The number of hydrogen-bond donors (Lipinski definition) is 0. The van der Waals surface area contributed by atoms with E-state index in [9.17, 15) is 9.59 Å². The third kappa shape index (κ3) is 3.52. The molecule has 1 saturated heterocycles. The standard InChI is InChI=1S/C15H23N5O2/c1-4-19(5-2)15-16-12(3)10-13(17-15)14(22)20-8-6-18(11-21)7-9-20/h10-11H,4-9H2,1-3H3. The van der Waals surface area contributed by atoms with Crippen LogP contribution in [0.15, 0.2) is 6.07 Å². The molecule has 2 heterocycles. The van der Waals surface area contributed by atoms with Gasteiger partial charge < -0.3 is 14.7 Å². The molecule has 0 saturated carbocycles. The van der Waals surface area contributed by atoms with E-state index in [1.54, 1.807) is 15.9 Å². The van der Waals surface area contributed by atoms with Gasteiger partial charge in [-0.25, -0.2) is 9.97 Å². The van der Waals surface area contributed by atoms with Crippen molar-refractivity contribution in [1.82, 2.24) is 19.8 Å². The second-order valence-corrected chi connectivity index (χ2v) is 5.30. The Bertz CT molecular complexity index is 537. The Hall–Kier alpha value is -2.18. The Balaban J connectivity index is 2.17. The molecular formula is C15H23N5O2. The highest BCUT2D eigenvalue weighted by molar-refractivity contribution is 5.92. The Morgan fingerprint density at radius 1 is 1.23 bits per heavy atom. The first-order valence-electron chi connectivity index (χ1n) is 7.68. The van der Waals surface area contributed by atoms with Gasteiger partial charge >= 0.3 is 0 Å². The highest BCUT2D eigenvalue weighted by Crippen LogP contribution is 2.13. The van der Waals surface area contributed by atoms with E-state index in [-0.39, 0.29) is 5.91 Å². The molecule has 120 valence electrons. The lowest BCUT2D eigenvalue weighted by atomic mass is 10.2. The fourth-order valence-corrected chi connectivity index (χ4v) is 2.50. The molecule has 0 unspecified atom stereocenters. The molecule has 0 radical (unpaired) electrons. The predicted octanol–water partition coefficient (Wildman–Crippen LogP) is 0.545. The first-order chi connectivity index (χ1) is 10.6. The number of piperazine rings is 1. The van der Waals surface area contributed by atoms with Crippen molar-refractivity contribution in [2.45, 2.75) is 20.8 Å². The van der Waals surface area contributed by atoms with Crippen molar-refractivity contribution in [3.05, 3.63) is 17.5 Å². The molecule has 2 amide bonds. The maximum absolute atomic E-state index is 12.6. The number of carbonyl (C=O) groups is 2. The van der Waals surface area contributed by atoms with Gasteiger partial charge in [-0.1, -0.05) is 0 Å². The average Bonchev–Trinajstić information content (AvgIpc) is 2.55. The largest absolute Gasteiger partial charge is 0.342 e. The summed E-state index contributed by atoms with van der Waals surface area (Å²) in [5.41, 5.74) is 1.21. The van der Waals surface area contributed by atoms with Crippen LogP contribution in [0.4, 0.5) is 5.95 Å². The molecular weight excluding hydrogens is 282 g/mol. The fourth-order valence-electron chi connectivity index (χ4n) is 2.50. The minimum absolute atomic E-state index is 0.0931. The molecule has 0 N–H and O–H groups in total. The second kappa shape index (κ2) is 7.20. The first kappa shape index (κ1) is 16.2. The number of carbonyl (C=O) groups excluding carboxylic acids is 2. The maximum Gasteiger partial charge on any atom is 0.272 e. The third-order valence-corrected chi connectivity index (χ3v) is 3.86. The highest BCUT2D eigenvalue weighted by atomic mass is 16.2. The summed E-state index contributed by atoms with van der Waals surface area (Å²) in [6.45, 7) is 9.77. The quantitative estimate of drug-likeness (QED) is 0.743. The first-order valence-corrected chi connectivity index (χ1v) is 7.68. The van der Waals surface area contributed by atoms with Gasteiger partial charge in [0.2, 0.25) is 12.4 Å². The summed E-state index contributed by atoms with van der Waals surface area (Å²) in [4.78, 5) is 37.6. The molecule has 0 spiro atoms. The van der Waals surface area contributed by atoms with E-state index in [1.165, 1.54) is 0 Å². The van der Waals surface area contributed by atoms with Crippen LogP contribution < -0.4 is 4.90 Å². The molecule has 0 aromatic carbocycles. The molecule has 0 atom stereocenters. The van der Waals surface area contributed by atoms with Crippen LogP contribution in [-0.4, -0.2) is 71.4 Å². The van der Waals surface area contributed by atoms with E-state index < -0.39 is 0 Å². The van der Waals surface area contributed by atoms with Crippen LogP contribution in [0.1, 0.15) is 30.0 Å². The van der Waals surface area contributed by atoms with Crippen molar-refractivity contribution in [3.8, 4) is 0 Å². The maximum atomic E-state index is 12.6. The number of nitrogens with zero attached hydrogens (tertiary/aromatic N) is 5. The second-order valence-electron chi connectivity index (χ2n) is 5.30. The van der Waals surface area contributed by atoms with E-state index in [0.29, 0.717) is 37.8 Å². The molecule has 1 aromatic heterocycles. The molecule has 1 aliphatic rings. The Morgan fingerprint density at radius 2 is 1.86 bits per heavy atom. The Kier molecular flexibility index (Phi) is 5.30. The third-order valence-electron chi connectivity index (χ3n) is 3.86. The number of aromatic nitrogens is 2. The molecule has 7 heteroatoms. The minimum Gasteiger partial charge on any atom is -0.342 e. The van der Waals surface area contributed by atoms with Crippen LogP contribution in [0.2, 0.25) is 0 Å². The smallest absolute Gasteiger partial charge is 0.272 e. The van der Waals surface area contributed by atoms with Crippen LogP contribution in [0.5, 0.6) is 0 Å². The summed E-state index contributed by atoms with van der Waals surface area (Å²) >= 11 is 0. The van der Waals surface area contributed by atoms with Crippen LogP contribution in [-0.2, 0) is 4.79 Å². The summed E-state index contributed by atoms with van der Waals surface area (Å²) in [5.74, 6) is 0.504. The van der Waals surface area contributed by atoms with Crippen LogP contribution in [0.25, 0.3) is 0 Å². The van der Waals surface area contributed by atoms with Gasteiger partial charge in [0, 0.05) is 45.0 Å². The Labute approximate surface area is 130 Å². The fraction of sp³-hybridized carbons (Fsp3) is 0.600. The van der Waals surface area contributed by atoms with Gasteiger partial charge in [0.1, 0.15) is 5.69 Å². The van der Waals surface area contributed by atoms with E-state index in [2.05, 4.69) is 9.97 Å². The zero-order valence-corrected chi connectivity index (χ0v) is 13.4.